The van der Waals surface area contributed by atoms with Gasteiger partial charge in [0.05, 0.1) is 7.05 Å². The molecule has 1 heterocycles. The van der Waals surface area contributed by atoms with E-state index < -0.39 is 0 Å². The molecule has 1 aromatic carbocycles. The number of halogens is 1. The molecule has 0 saturated heterocycles. The highest BCUT2D eigenvalue weighted by molar-refractivity contribution is 7.99. The molecular weight excluding hydrogens is 306 g/mol. The second-order valence-corrected chi connectivity index (χ2v) is 6.35. The molecule has 1 atom stereocenters. The van der Waals surface area contributed by atoms with Crippen LogP contribution in [0, 0.1) is 0 Å². The molecule has 1 unspecified atom stereocenters. The van der Waals surface area contributed by atoms with E-state index in [0.717, 1.165) is 36.0 Å². The van der Waals surface area contributed by atoms with E-state index in [1.54, 1.807) is 7.05 Å². The Labute approximate surface area is 134 Å². The number of hydrogen-bond acceptors (Lipinski definition) is 5. The van der Waals surface area contributed by atoms with E-state index in [1.807, 2.05) is 36.0 Å². The predicted octanol–water partition coefficient (Wildman–Crippen LogP) is 2.57. The molecule has 1 N–H and O–H groups in total. The Hall–Kier alpha value is -1.11. The Morgan fingerprint density at radius 2 is 2.10 bits per heavy atom. The average molecular weight is 326 g/mol. The number of benzene rings is 1. The molecule has 0 bridgehead atoms. The lowest BCUT2D eigenvalue weighted by molar-refractivity contribution is 0.537. The van der Waals surface area contributed by atoms with E-state index in [1.165, 1.54) is 9.69 Å². The third-order valence-electron chi connectivity index (χ3n) is 2.93. The van der Waals surface area contributed by atoms with Gasteiger partial charge in [-0.15, -0.1) is 22.0 Å². The Morgan fingerprint density at radius 3 is 2.71 bits per heavy atom. The molecule has 0 aliphatic carbocycles. The SMILES string of the molecule is CCCNC(CSc1ccc(Cl)cc1)Cc1nnn(C)n1. The Morgan fingerprint density at radius 1 is 1.33 bits per heavy atom. The van der Waals surface area contributed by atoms with Crippen LogP contribution in [0.15, 0.2) is 29.2 Å². The van der Waals surface area contributed by atoms with Crippen molar-refractivity contribution in [2.45, 2.75) is 30.7 Å². The van der Waals surface area contributed by atoms with Crippen molar-refractivity contribution in [1.82, 2.24) is 25.5 Å². The molecule has 0 amide bonds. The fraction of sp³-hybridized carbons (Fsp3) is 0.500. The number of hydrogen-bond donors (Lipinski definition) is 1. The van der Waals surface area contributed by atoms with Crippen LogP contribution in [-0.4, -0.2) is 38.5 Å². The summed E-state index contributed by atoms with van der Waals surface area (Å²) in [6.07, 6.45) is 1.89. The van der Waals surface area contributed by atoms with Crippen molar-refractivity contribution in [2.24, 2.45) is 7.05 Å². The van der Waals surface area contributed by atoms with Gasteiger partial charge in [-0.25, -0.2) is 0 Å². The summed E-state index contributed by atoms with van der Waals surface area (Å²) < 4.78 is 0. The minimum Gasteiger partial charge on any atom is -0.313 e. The van der Waals surface area contributed by atoms with Gasteiger partial charge < -0.3 is 5.32 Å². The lowest BCUT2D eigenvalue weighted by atomic mass is 10.2. The van der Waals surface area contributed by atoms with Crippen LogP contribution in [0.4, 0.5) is 0 Å². The average Bonchev–Trinajstić information content (AvgIpc) is 2.89. The third kappa shape index (κ3) is 5.65. The smallest absolute Gasteiger partial charge is 0.176 e. The maximum absolute atomic E-state index is 5.91. The van der Waals surface area contributed by atoms with Crippen LogP contribution in [-0.2, 0) is 13.5 Å². The highest BCUT2D eigenvalue weighted by Crippen LogP contribution is 2.21. The minimum absolute atomic E-state index is 0.329. The Kier molecular flexibility index (Phi) is 6.48. The fourth-order valence-electron chi connectivity index (χ4n) is 1.89. The van der Waals surface area contributed by atoms with Crippen molar-refractivity contribution in [3.8, 4) is 0 Å². The van der Waals surface area contributed by atoms with E-state index in [-0.39, 0.29) is 0 Å². The Balaban J connectivity index is 1.90. The second kappa shape index (κ2) is 8.36. The number of rotatable bonds is 8. The van der Waals surface area contributed by atoms with Gasteiger partial charge in [0.2, 0.25) is 0 Å². The topological polar surface area (TPSA) is 55.6 Å². The van der Waals surface area contributed by atoms with Gasteiger partial charge in [0.25, 0.3) is 0 Å². The zero-order valence-electron chi connectivity index (χ0n) is 12.3. The van der Waals surface area contributed by atoms with Crippen LogP contribution < -0.4 is 5.32 Å². The van der Waals surface area contributed by atoms with E-state index >= 15 is 0 Å². The van der Waals surface area contributed by atoms with Gasteiger partial charge in [0, 0.05) is 28.1 Å². The van der Waals surface area contributed by atoms with Crippen molar-refractivity contribution >= 4 is 23.4 Å². The third-order valence-corrected chi connectivity index (χ3v) is 4.35. The van der Waals surface area contributed by atoms with E-state index in [2.05, 4.69) is 27.7 Å². The van der Waals surface area contributed by atoms with E-state index in [4.69, 9.17) is 11.6 Å². The number of aromatic nitrogens is 4. The monoisotopic (exact) mass is 325 g/mol. The molecule has 0 saturated carbocycles. The van der Waals surface area contributed by atoms with Crippen LogP contribution in [0.5, 0.6) is 0 Å². The van der Waals surface area contributed by atoms with Gasteiger partial charge in [-0.2, -0.15) is 4.80 Å². The summed E-state index contributed by atoms with van der Waals surface area (Å²) in [6, 6.07) is 8.26. The van der Waals surface area contributed by atoms with Crippen LogP contribution in [0.1, 0.15) is 19.2 Å². The lowest BCUT2D eigenvalue weighted by Crippen LogP contribution is -2.34. The van der Waals surface area contributed by atoms with E-state index in [0.29, 0.717) is 6.04 Å². The van der Waals surface area contributed by atoms with Crippen LogP contribution >= 0.6 is 23.4 Å². The number of nitrogens with one attached hydrogen (secondary N) is 1. The normalized spacial score (nSPS) is 12.5. The minimum atomic E-state index is 0.329. The molecule has 2 rings (SSSR count). The zero-order chi connectivity index (χ0) is 15.1. The molecule has 5 nitrogen and oxygen atoms in total. The van der Waals surface area contributed by atoms with Crippen molar-refractivity contribution < 1.29 is 0 Å². The first-order chi connectivity index (χ1) is 10.2. The number of nitrogens with zero attached hydrogens (tertiary/aromatic N) is 4. The first-order valence-electron chi connectivity index (χ1n) is 7.02. The van der Waals surface area contributed by atoms with Gasteiger partial charge in [-0.3, -0.25) is 0 Å². The van der Waals surface area contributed by atoms with Gasteiger partial charge in [-0.1, -0.05) is 18.5 Å². The molecule has 2 aromatic rings. The number of thioether (sulfide) groups is 1. The molecule has 0 spiro atoms. The summed E-state index contributed by atoms with van der Waals surface area (Å²) in [5.41, 5.74) is 0. The van der Waals surface area contributed by atoms with Gasteiger partial charge in [0.1, 0.15) is 0 Å². The molecule has 21 heavy (non-hydrogen) atoms. The summed E-state index contributed by atoms with van der Waals surface area (Å²) in [4.78, 5) is 2.72. The summed E-state index contributed by atoms with van der Waals surface area (Å²) in [5, 5.41) is 16.5. The summed E-state index contributed by atoms with van der Waals surface area (Å²) in [6.45, 7) is 3.16. The predicted molar refractivity (Wildman–Crippen MR) is 86.8 cm³/mol. The van der Waals surface area contributed by atoms with Crippen molar-refractivity contribution in [1.29, 1.82) is 0 Å². The molecule has 1 aromatic heterocycles. The summed E-state index contributed by atoms with van der Waals surface area (Å²) >= 11 is 7.71. The first-order valence-corrected chi connectivity index (χ1v) is 8.38. The Bertz CT molecular complexity index is 543. The molecule has 7 heteroatoms. The molecule has 0 radical (unpaired) electrons. The van der Waals surface area contributed by atoms with Crippen LogP contribution in [0.2, 0.25) is 5.02 Å². The summed E-state index contributed by atoms with van der Waals surface area (Å²) in [7, 11) is 1.79. The zero-order valence-corrected chi connectivity index (χ0v) is 13.9. The van der Waals surface area contributed by atoms with Crippen LogP contribution in [0.3, 0.4) is 0 Å². The second-order valence-electron chi connectivity index (χ2n) is 4.82. The fourth-order valence-corrected chi connectivity index (χ4v) is 2.98. The lowest BCUT2D eigenvalue weighted by Gasteiger charge is -2.16. The highest BCUT2D eigenvalue weighted by Gasteiger charge is 2.13. The molecule has 114 valence electrons. The standard InChI is InChI=1S/C14H20ClN5S/c1-3-8-16-12(9-14-17-19-20(2)18-14)10-21-13-6-4-11(15)5-7-13/h4-7,12,16H,3,8-10H2,1-2H3. The highest BCUT2D eigenvalue weighted by atomic mass is 35.5. The van der Waals surface area contributed by atoms with Crippen molar-refractivity contribution in [3.05, 3.63) is 35.1 Å². The molecule has 0 aliphatic heterocycles. The molecule has 0 fully saturated rings. The maximum Gasteiger partial charge on any atom is 0.176 e. The molecular formula is C14H20ClN5S. The summed E-state index contributed by atoms with van der Waals surface area (Å²) in [5.74, 6) is 1.74. The van der Waals surface area contributed by atoms with Gasteiger partial charge in [0.15, 0.2) is 5.82 Å². The quantitative estimate of drug-likeness (QED) is 0.756. The maximum atomic E-state index is 5.91. The van der Waals surface area contributed by atoms with Gasteiger partial charge >= 0.3 is 0 Å². The number of tetrazole rings is 1. The first kappa shape index (κ1) is 16.3. The van der Waals surface area contributed by atoms with Crippen molar-refractivity contribution in [3.63, 3.8) is 0 Å². The van der Waals surface area contributed by atoms with Crippen molar-refractivity contribution in [2.75, 3.05) is 12.3 Å². The van der Waals surface area contributed by atoms with Gasteiger partial charge in [-0.05, 0) is 42.4 Å². The largest absolute Gasteiger partial charge is 0.313 e. The molecule has 0 aliphatic rings. The van der Waals surface area contributed by atoms with Crippen LogP contribution in [0.25, 0.3) is 0 Å². The number of aryl methyl sites for hydroxylation is 1. The van der Waals surface area contributed by atoms with E-state index in [9.17, 15) is 0 Å².